The number of benzene rings is 2. The van der Waals surface area contributed by atoms with Crippen LogP contribution in [0.5, 0.6) is 5.75 Å². The average Bonchev–Trinajstić information content (AvgIpc) is 2.90. The van der Waals surface area contributed by atoms with Crippen LogP contribution < -0.4 is 4.74 Å². The van der Waals surface area contributed by atoms with Gasteiger partial charge in [0.2, 0.25) is 0 Å². The molecule has 20 heavy (non-hydrogen) atoms. The van der Waals surface area contributed by atoms with Crippen LogP contribution in [0.2, 0.25) is 0 Å². The van der Waals surface area contributed by atoms with Gasteiger partial charge in [-0.3, -0.25) is 0 Å². The van der Waals surface area contributed by atoms with Crippen molar-refractivity contribution in [1.29, 1.82) is 0 Å². The third kappa shape index (κ3) is 3.00. The molecule has 3 nitrogen and oxygen atoms in total. The third-order valence-electron chi connectivity index (χ3n) is 2.72. The van der Waals surface area contributed by atoms with Gasteiger partial charge in [-0.2, -0.15) is 0 Å². The molecule has 0 atom stereocenters. The van der Waals surface area contributed by atoms with Gasteiger partial charge in [-0.1, -0.05) is 12.1 Å². The number of hydrogen-bond acceptors (Lipinski definition) is 5. The number of fused-ring (bicyclic) bond motifs is 1. The van der Waals surface area contributed by atoms with E-state index in [1.54, 1.807) is 18.4 Å². The number of rotatable bonds is 4. The van der Waals surface area contributed by atoms with Crippen LogP contribution in [0.15, 0.2) is 57.3 Å². The minimum atomic E-state index is 0.848. The van der Waals surface area contributed by atoms with Gasteiger partial charge in [0.05, 0.1) is 17.3 Å². The summed E-state index contributed by atoms with van der Waals surface area (Å²) in [5.74, 6) is 0.848. The largest absolute Gasteiger partial charge is 0.497 e. The number of methoxy groups -OCH3 is 1. The Morgan fingerprint density at radius 2 is 1.95 bits per heavy atom. The van der Waals surface area contributed by atoms with Crippen LogP contribution in [0.4, 0.5) is 0 Å². The second kappa shape index (κ2) is 6.07. The van der Waals surface area contributed by atoms with Gasteiger partial charge in [-0.15, -0.1) is 11.3 Å². The van der Waals surface area contributed by atoms with E-state index >= 15 is 0 Å². The summed E-state index contributed by atoms with van der Waals surface area (Å²) in [6.07, 6.45) is 1.83. The summed E-state index contributed by atoms with van der Waals surface area (Å²) in [6, 6.07) is 15.9. The molecule has 0 unspecified atom stereocenters. The van der Waals surface area contributed by atoms with Gasteiger partial charge in [0.15, 0.2) is 4.34 Å². The highest BCUT2D eigenvalue weighted by molar-refractivity contribution is 8.00. The third-order valence-corrected chi connectivity index (χ3v) is 4.49. The maximum atomic E-state index is 5.12. The smallest absolute Gasteiger partial charge is 0.173 e. The standard InChI is InChI=1S/C15H12N2OS2/c1-18-12-8-6-11(7-9-12)10-16-20-15-17-13-4-2-3-5-14(13)19-15/h2-10H,1H3. The summed E-state index contributed by atoms with van der Waals surface area (Å²) in [6.45, 7) is 0. The summed E-state index contributed by atoms with van der Waals surface area (Å²) in [4.78, 5) is 4.52. The van der Waals surface area contributed by atoms with Crippen molar-refractivity contribution in [2.75, 3.05) is 7.11 Å². The van der Waals surface area contributed by atoms with E-state index in [4.69, 9.17) is 4.74 Å². The maximum absolute atomic E-state index is 5.12. The lowest BCUT2D eigenvalue weighted by molar-refractivity contribution is 0.415. The molecule has 0 spiro atoms. The minimum Gasteiger partial charge on any atom is -0.497 e. The number of ether oxygens (including phenoxy) is 1. The van der Waals surface area contributed by atoms with Gasteiger partial charge in [0, 0.05) is 18.2 Å². The highest BCUT2D eigenvalue weighted by atomic mass is 32.2. The van der Waals surface area contributed by atoms with Crippen LogP contribution in [0.3, 0.4) is 0 Å². The molecule has 2 aromatic carbocycles. The van der Waals surface area contributed by atoms with Gasteiger partial charge in [0.25, 0.3) is 0 Å². The molecule has 1 aromatic heterocycles. The first-order valence-corrected chi connectivity index (χ1v) is 7.64. The van der Waals surface area contributed by atoms with Gasteiger partial charge in [-0.05, 0) is 42.0 Å². The quantitative estimate of drug-likeness (QED) is 0.528. The molecule has 0 aliphatic heterocycles. The molecule has 100 valence electrons. The molecular formula is C15H12N2OS2. The van der Waals surface area contributed by atoms with Crippen LogP contribution in [0.1, 0.15) is 5.56 Å². The van der Waals surface area contributed by atoms with Crippen molar-refractivity contribution in [3.05, 3.63) is 54.1 Å². The first-order valence-electron chi connectivity index (χ1n) is 6.05. The monoisotopic (exact) mass is 300 g/mol. The van der Waals surface area contributed by atoms with E-state index in [1.807, 2.05) is 48.7 Å². The van der Waals surface area contributed by atoms with Crippen molar-refractivity contribution in [3.8, 4) is 5.75 Å². The molecule has 5 heteroatoms. The molecule has 0 saturated carbocycles. The molecular weight excluding hydrogens is 288 g/mol. The van der Waals surface area contributed by atoms with Crippen molar-refractivity contribution in [3.63, 3.8) is 0 Å². The Balaban J connectivity index is 1.69. The van der Waals surface area contributed by atoms with Crippen molar-refractivity contribution >= 4 is 39.7 Å². The van der Waals surface area contributed by atoms with Crippen LogP contribution >= 0.6 is 23.3 Å². The van der Waals surface area contributed by atoms with E-state index in [0.717, 1.165) is 21.2 Å². The fraction of sp³-hybridized carbons (Fsp3) is 0.0667. The minimum absolute atomic E-state index is 0.848. The Morgan fingerprint density at radius 1 is 1.15 bits per heavy atom. The highest BCUT2D eigenvalue weighted by Crippen LogP contribution is 2.29. The molecule has 0 radical (unpaired) electrons. The van der Waals surface area contributed by atoms with Crippen LogP contribution in [-0.2, 0) is 0 Å². The first-order chi connectivity index (χ1) is 9.85. The number of thiazole rings is 1. The topological polar surface area (TPSA) is 34.5 Å². The molecule has 3 aromatic rings. The normalized spacial score (nSPS) is 11.2. The molecule has 0 aliphatic carbocycles. The van der Waals surface area contributed by atoms with Crippen LogP contribution in [0.25, 0.3) is 10.2 Å². The molecule has 0 aliphatic rings. The fourth-order valence-corrected chi connectivity index (χ4v) is 3.36. The van der Waals surface area contributed by atoms with E-state index in [2.05, 4.69) is 15.4 Å². The van der Waals surface area contributed by atoms with Gasteiger partial charge in [0.1, 0.15) is 5.75 Å². The highest BCUT2D eigenvalue weighted by Gasteiger charge is 2.02. The van der Waals surface area contributed by atoms with Gasteiger partial charge >= 0.3 is 0 Å². The average molecular weight is 300 g/mol. The summed E-state index contributed by atoms with van der Waals surface area (Å²) in [7, 11) is 1.66. The maximum Gasteiger partial charge on any atom is 0.173 e. The number of nitrogens with zero attached hydrogens (tertiary/aromatic N) is 2. The predicted molar refractivity (Wildman–Crippen MR) is 86.1 cm³/mol. The summed E-state index contributed by atoms with van der Waals surface area (Å²) in [5, 5.41) is 0. The molecule has 3 rings (SSSR count). The number of aromatic nitrogens is 1. The van der Waals surface area contributed by atoms with Gasteiger partial charge in [-0.25, -0.2) is 9.38 Å². The lowest BCUT2D eigenvalue weighted by Crippen LogP contribution is -1.83. The van der Waals surface area contributed by atoms with E-state index in [9.17, 15) is 0 Å². The zero-order chi connectivity index (χ0) is 13.8. The second-order valence-corrected chi connectivity index (χ2v) is 6.12. The predicted octanol–water partition coefficient (Wildman–Crippen LogP) is 4.43. The van der Waals surface area contributed by atoms with E-state index < -0.39 is 0 Å². The molecule has 1 heterocycles. The molecule has 0 saturated heterocycles. The molecule has 0 amide bonds. The lowest BCUT2D eigenvalue weighted by atomic mass is 10.2. The number of hydrogen-bond donors (Lipinski definition) is 0. The summed E-state index contributed by atoms with van der Waals surface area (Å²) >= 11 is 3.05. The Labute approximate surface area is 125 Å². The van der Waals surface area contributed by atoms with Gasteiger partial charge < -0.3 is 4.74 Å². The second-order valence-electron chi connectivity index (χ2n) is 4.05. The molecule has 0 N–H and O–H groups in total. The Bertz CT molecular complexity index is 702. The van der Waals surface area contributed by atoms with Crippen molar-refractivity contribution in [2.24, 2.45) is 4.40 Å². The lowest BCUT2D eigenvalue weighted by Gasteiger charge is -1.98. The van der Waals surface area contributed by atoms with Crippen molar-refractivity contribution in [2.45, 2.75) is 4.34 Å². The summed E-state index contributed by atoms with van der Waals surface area (Å²) < 4.78 is 11.6. The fourth-order valence-electron chi connectivity index (χ4n) is 1.71. The Kier molecular flexibility index (Phi) is 3.99. The summed E-state index contributed by atoms with van der Waals surface area (Å²) in [5.41, 5.74) is 2.07. The van der Waals surface area contributed by atoms with E-state index in [1.165, 1.54) is 16.6 Å². The Morgan fingerprint density at radius 3 is 2.70 bits per heavy atom. The van der Waals surface area contributed by atoms with Crippen molar-refractivity contribution in [1.82, 2.24) is 4.98 Å². The first kappa shape index (κ1) is 13.1. The van der Waals surface area contributed by atoms with Crippen LogP contribution in [-0.4, -0.2) is 18.3 Å². The van der Waals surface area contributed by atoms with E-state index in [-0.39, 0.29) is 0 Å². The van der Waals surface area contributed by atoms with Crippen molar-refractivity contribution < 1.29 is 4.74 Å². The van der Waals surface area contributed by atoms with Crippen LogP contribution in [0, 0.1) is 0 Å². The zero-order valence-corrected chi connectivity index (χ0v) is 12.4. The SMILES string of the molecule is COc1ccc(C=NSc2nc3ccccc3s2)cc1. The zero-order valence-electron chi connectivity index (χ0n) is 10.8. The van der Waals surface area contributed by atoms with E-state index in [0.29, 0.717) is 0 Å². The Hall–Kier alpha value is -1.85. The number of para-hydroxylation sites is 1. The molecule has 0 bridgehead atoms. The molecule has 0 fully saturated rings.